The van der Waals surface area contributed by atoms with Gasteiger partial charge in [-0.2, -0.15) is 0 Å². The van der Waals surface area contributed by atoms with Gasteiger partial charge in [-0.15, -0.1) is 0 Å². The molecule has 0 radical (unpaired) electrons. The molecular weight excluding hydrogens is 210 g/mol. The summed E-state index contributed by atoms with van der Waals surface area (Å²) in [6, 6.07) is -0.476. The van der Waals surface area contributed by atoms with Gasteiger partial charge in [-0.3, -0.25) is 15.0 Å². The van der Waals surface area contributed by atoms with Crippen molar-refractivity contribution in [2.45, 2.75) is 26.4 Å². The smallest absolute Gasteiger partial charge is 0.321 e. The molecule has 0 aromatic carbocycles. The van der Waals surface area contributed by atoms with Crippen molar-refractivity contribution in [2.24, 2.45) is 0 Å². The van der Waals surface area contributed by atoms with Gasteiger partial charge in [0.1, 0.15) is 0 Å². The van der Waals surface area contributed by atoms with E-state index in [1.165, 1.54) is 0 Å². The Labute approximate surface area is 96.0 Å². The van der Waals surface area contributed by atoms with Gasteiger partial charge in [-0.25, -0.2) is 4.79 Å². The maximum atomic E-state index is 11.3. The summed E-state index contributed by atoms with van der Waals surface area (Å²) in [4.78, 5) is 24.1. The minimum Gasteiger partial charge on any atom is -0.393 e. The van der Waals surface area contributed by atoms with Gasteiger partial charge in [0, 0.05) is 13.1 Å². The second-order valence-electron chi connectivity index (χ2n) is 3.78. The molecule has 0 aliphatic rings. The van der Waals surface area contributed by atoms with Crippen LogP contribution >= 0.6 is 0 Å². The van der Waals surface area contributed by atoms with Crippen molar-refractivity contribution in [2.75, 3.05) is 26.7 Å². The molecule has 0 aliphatic carbocycles. The first kappa shape index (κ1) is 14.9. The SMILES string of the molecule is CCNC(=O)NC(=O)CN(C)CCC(C)O. The van der Waals surface area contributed by atoms with E-state index in [9.17, 15) is 9.59 Å². The van der Waals surface area contributed by atoms with Crippen LogP contribution in [0.15, 0.2) is 0 Å². The number of nitrogens with one attached hydrogen (secondary N) is 2. The average Bonchev–Trinajstić information content (AvgIpc) is 2.14. The molecule has 1 atom stereocenters. The van der Waals surface area contributed by atoms with Gasteiger partial charge in [0.25, 0.3) is 0 Å². The maximum Gasteiger partial charge on any atom is 0.321 e. The highest BCUT2D eigenvalue weighted by Crippen LogP contribution is 1.92. The first-order valence-corrected chi connectivity index (χ1v) is 5.40. The molecule has 16 heavy (non-hydrogen) atoms. The third-order valence-corrected chi connectivity index (χ3v) is 1.93. The molecule has 3 N–H and O–H groups in total. The molecule has 0 heterocycles. The van der Waals surface area contributed by atoms with Crippen molar-refractivity contribution in [1.29, 1.82) is 0 Å². The Morgan fingerprint density at radius 1 is 1.44 bits per heavy atom. The minimum absolute atomic E-state index is 0.143. The predicted octanol–water partition coefficient (Wildman–Crippen LogP) is -0.465. The molecule has 6 nitrogen and oxygen atoms in total. The highest BCUT2D eigenvalue weighted by Gasteiger charge is 2.09. The van der Waals surface area contributed by atoms with Crippen LogP contribution in [-0.4, -0.2) is 54.7 Å². The maximum absolute atomic E-state index is 11.3. The summed E-state index contributed by atoms with van der Waals surface area (Å²) in [5.41, 5.74) is 0. The number of imide groups is 1. The van der Waals surface area contributed by atoms with Crippen LogP contribution in [0.2, 0.25) is 0 Å². The van der Waals surface area contributed by atoms with Crippen LogP contribution in [0, 0.1) is 0 Å². The summed E-state index contributed by atoms with van der Waals surface area (Å²) >= 11 is 0. The van der Waals surface area contributed by atoms with Gasteiger partial charge < -0.3 is 10.4 Å². The molecule has 0 rings (SSSR count). The number of carbonyl (C=O) groups excluding carboxylic acids is 2. The van der Waals surface area contributed by atoms with E-state index in [4.69, 9.17) is 5.11 Å². The number of urea groups is 1. The molecule has 0 aromatic heterocycles. The summed E-state index contributed by atoms with van der Waals surface area (Å²) in [6.07, 6.45) is 0.221. The van der Waals surface area contributed by atoms with E-state index in [-0.39, 0.29) is 18.6 Å². The number of likely N-dealkylation sites (N-methyl/N-ethyl adjacent to an activating group) is 1. The van der Waals surface area contributed by atoms with Gasteiger partial charge in [0.05, 0.1) is 12.6 Å². The van der Waals surface area contributed by atoms with Gasteiger partial charge in [-0.05, 0) is 27.3 Å². The fourth-order valence-electron chi connectivity index (χ4n) is 1.10. The number of aliphatic hydroxyl groups excluding tert-OH is 1. The average molecular weight is 231 g/mol. The number of aliphatic hydroxyl groups is 1. The van der Waals surface area contributed by atoms with Crippen LogP contribution in [0.25, 0.3) is 0 Å². The van der Waals surface area contributed by atoms with Gasteiger partial charge in [-0.1, -0.05) is 0 Å². The Morgan fingerprint density at radius 2 is 2.06 bits per heavy atom. The van der Waals surface area contributed by atoms with Crippen LogP contribution in [0.4, 0.5) is 4.79 Å². The van der Waals surface area contributed by atoms with Crippen LogP contribution in [0.1, 0.15) is 20.3 Å². The van der Waals surface area contributed by atoms with Crippen LogP contribution < -0.4 is 10.6 Å². The monoisotopic (exact) mass is 231 g/mol. The van der Waals surface area contributed by atoms with E-state index in [2.05, 4.69) is 10.6 Å². The zero-order chi connectivity index (χ0) is 12.6. The Bertz CT molecular complexity index is 231. The van der Waals surface area contributed by atoms with E-state index < -0.39 is 6.03 Å². The van der Waals surface area contributed by atoms with E-state index >= 15 is 0 Å². The number of rotatable bonds is 6. The molecule has 94 valence electrons. The molecule has 3 amide bonds. The largest absolute Gasteiger partial charge is 0.393 e. The zero-order valence-corrected chi connectivity index (χ0v) is 10.1. The number of nitrogens with zero attached hydrogens (tertiary/aromatic N) is 1. The van der Waals surface area contributed by atoms with E-state index in [0.717, 1.165) is 0 Å². The standard InChI is InChI=1S/C10H21N3O3/c1-4-11-10(16)12-9(15)7-13(3)6-5-8(2)14/h8,14H,4-7H2,1-3H3,(H2,11,12,15,16). The summed E-state index contributed by atoms with van der Waals surface area (Å²) in [5, 5.41) is 13.7. The van der Waals surface area contributed by atoms with Crippen LogP contribution in [0.3, 0.4) is 0 Å². The first-order valence-electron chi connectivity index (χ1n) is 5.40. The second kappa shape index (κ2) is 8.06. The van der Waals surface area contributed by atoms with E-state index in [1.807, 2.05) is 0 Å². The quantitative estimate of drug-likeness (QED) is 0.577. The fraction of sp³-hybridized carbons (Fsp3) is 0.800. The molecule has 0 aromatic rings. The molecule has 0 fully saturated rings. The van der Waals surface area contributed by atoms with Crippen molar-refractivity contribution < 1.29 is 14.7 Å². The van der Waals surface area contributed by atoms with Crippen LogP contribution in [0.5, 0.6) is 0 Å². The number of carbonyl (C=O) groups is 2. The van der Waals surface area contributed by atoms with Crippen molar-refractivity contribution in [3.05, 3.63) is 0 Å². The highest BCUT2D eigenvalue weighted by atomic mass is 16.3. The summed E-state index contributed by atoms with van der Waals surface area (Å²) in [7, 11) is 1.76. The highest BCUT2D eigenvalue weighted by molar-refractivity contribution is 5.95. The lowest BCUT2D eigenvalue weighted by Crippen LogP contribution is -2.44. The Morgan fingerprint density at radius 3 is 2.56 bits per heavy atom. The van der Waals surface area contributed by atoms with E-state index in [1.54, 1.807) is 25.8 Å². The lowest BCUT2D eigenvalue weighted by molar-refractivity contribution is -0.120. The molecule has 6 heteroatoms. The lowest BCUT2D eigenvalue weighted by Gasteiger charge is -2.16. The van der Waals surface area contributed by atoms with Crippen LogP contribution in [-0.2, 0) is 4.79 Å². The summed E-state index contributed by atoms with van der Waals surface area (Å²) in [5.74, 6) is -0.348. The topological polar surface area (TPSA) is 81.7 Å². The fourth-order valence-corrected chi connectivity index (χ4v) is 1.10. The van der Waals surface area contributed by atoms with Crippen molar-refractivity contribution in [3.63, 3.8) is 0 Å². The number of hydrogen-bond acceptors (Lipinski definition) is 4. The molecule has 1 unspecified atom stereocenters. The molecule has 0 spiro atoms. The predicted molar refractivity (Wildman–Crippen MR) is 61.0 cm³/mol. The Kier molecular flexibility index (Phi) is 7.49. The first-order chi connectivity index (χ1) is 7.45. The number of amides is 3. The molecule has 0 bridgehead atoms. The van der Waals surface area contributed by atoms with E-state index in [0.29, 0.717) is 19.5 Å². The van der Waals surface area contributed by atoms with Crippen molar-refractivity contribution >= 4 is 11.9 Å². The molecule has 0 saturated heterocycles. The van der Waals surface area contributed by atoms with Gasteiger partial charge in [0.15, 0.2) is 0 Å². The van der Waals surface area contributed by atoms with Crippen molar-refractivity contribution in [3.8, 4) is 0 Å². The molecule has 0 aliphatic heterocycles. The number of hydrogen-bond donors (Lipinski definition) is 3. The van der Waals surface area contributed by atoms with Crippen molar-refractivity contribution in [1.82, 2.24) is 15.5 Å². The molecule has 0 saturated carbocycles. The third kappa shape index (κ3) is 8.19. The minimum atomic E-state index is -0.476. The third-order valence-electron chi connectivity index (χ3n) is 1.93. The Hall–Kier alpha value is -1.14. The lowest BCUT2D eigenvalue weighted by atomic mass is 10.3. The zero-order valence-electron chi connectivity index (χ0n) is 10.1. The second-order valence-corrected chi connectivity index (χ2v) is 3.78. The normalized spacial score (nSPS) is 12.3. The molecular formula is C10H21N3O3. The van der Waals surface area contributed by atoms with Gasteiger partial charge in [0.2, 0.25) is 5.91 Å². The van der Waals surface area contributed by atoms with Gasteiger partial charge >= 0.3 is 6.03 Å². The summed E-state index contributed by atoms with van der Waals surface area (Å²) in [6.45, 7) is 4.71. The summed E-state index contributed by atoms with van der Waals surface area (Å²) < 4.78 is 0. The Balaban J connectivity index is 3.73.